The zero-order valence-electron chi connectivity index (χ0n) is 13.0. The first-order chi connectivity index (χ1) is 9.81. The molecule has 1 saturated heterocycles. The third-order valence-electron chi connectivity index (χ3n) is 4.26. The van der Waals surface area contributed by atoms with Crippen LogP contribution in [0.2, 0.25) is 0 Å². The van der Waals surface area contributed by atoms with Gasteiger partial charge in [0.05, 0.1) is 5.69 Å². The molecule has 1 aliphatic heterocycles. The summed E-state index contributed by atoms with van der Waals surface area (Å²) in [7, 11) is 0. The summed E-state index contributed by atoms with van der Waals surface area (Å²) in [5, 5.41) is 3.46. The van der Waals surface area contributed by atoms with Crippen LogP contribution in [0, 0.1) is 29.3 Å². The lowest BCUT2D eigenvalue weighted by Gasteiger charge is -2.45. The van der Waals surface area contributed by atoms with Crippen LogP contribution in [0.5, 0.6) is 0 Å². The van der Waals surface area contributed by atoms with Crippen molar-refractivity contribution in [3.8, 4) is 0 Å². The molecule has 0 aromatic heterocycles. The number of nitrogens with zero attached hydrogens (tertiary/aromatic N) is 1. The number of nitrogens with one attached hydrogen (secondary N) is 1. The topological polar surface area (TPSA) is 15.3 Å². The maximum atomic E-state index is 14.1. The Hall–Kier alpha value is -1.23. The van der Waals surface area contributed by atoms with E-state index < -0.39 is 17.5 Å². The number of piperazine rings is 1. The zero-order valence-corrected chi connectivity index (χ0v) is 13.0. The first kappa shape index (κ1) is 16.1. The third-order valence-corrected chi connectivity index (χ3v) is 4.26. The first-order valence-corrected chi connectivity index (χ1v) is 7.45. The monoisotopic (exact) mass is 300 g/mol. The van der Waals surface area contributed by atoms with Gasteiger partial charge in [-0.1, -0.05) is 27.7 Å². The predicted molar refractivity (Wildman–Crippen MR) is 78.9 cm³/mol. The summed E-state index contributed by atoms with van der Waals surface area (Å²) in [5.74, 6) is -2.20. The maximum Gasteiger partial charge on any atom is 0.161 e. The van der Waals surface area contributed by atoms with Crippen LogP contribution in [0.3, 0.4) is 0 Å². The van der Waals surface area contributed by atoms with Crippen LogP contribution >= 0.6 is 0 Å². The van der Waals surface area contributed by atoms with Gasteiger partial charge in [-0.3, -0.25) is 0 Å². The van der Waals surface area contributed by atoms with Crippen molar-refractivity contribution in [3.05, 3.63) is 29.6 Å². The lowest BCUT2D eigenvalue weighted by molar-refractivity contribution is 0.293. The van der Waals surface area contributed by atoms with Gasteiger partial charge in [0, 0.05) is 37.3 Å². The second kappa shape index (κ2) is 6.26. The highest BCUT2D eigenvalue weighted by Gasteiger charge is 2.33. The number of rotatable bonds is 3. The van der Waals surface area contributed by atoms with Crippen LogP contribution in [-0.2, 0) is 0 Å². The fourth-order valence-corrected chi connectivity index (χ4v) is 2.85. The summed E-state index contributed by atoms with van der Waals surface area (Å²) in [6.45, 7) is 9.57. The SMILES string of the molecule is CC(C)C1CN(c2cc(F)c(F)cc2F)C(C(C)C)CN1. The van der Waals surface area contributed by atoms with Gasteiger partial charge < -0.3 is 10.2 Å². The molecular formula is C16H23F3N2. The van der Waals surface area contributed by atoms with Crippen LogP contribution in [0.4, 0.5) is 18.9 Å². The highest BCUT2D eigenvalue weighted by atomic mass is 19.2. The van der Waals surface area contributed by atoms with Crippen molar-refractivity contribution in [1.82, 2.24) is 5.32 Å². The van der Waals surface area contributed by atoms with Gasteiger partial charge in [0.1, 0.15) is 5.82 Å². The van der Waals surface area contributed by atoms with Gasteiger partial charge in [-0.15, -0.1) is 0 Å². The summed E-state index contributed by atoms with van der Waals surface area (Å²) < 4.78 is 40.8. The first-order valence-electron chi connectivity index (χ1n) is 7.45. The summed E-state index contributed by atoms with van der Waals surface area (Å²) in [6.07, 6.45) is 0. The van der Waals surface area contributed by atoms with Crippen LogP contribution < -0.4 is 10.2 Å². The lowest BCUT2D eigenvalue weighted by atomic mass is 9.93. The highest BCUT2D eigenvalue weighted by molar-refractivity contribution is 5.50. The highest BCUT2D eigenvalue weighted by Crippen LogP contribution is 2.29. The van der Waals surface area contributed by atoms with E-state index in [1.54, 1.807) is 0 Å². The number of hydrogen-bond donors (Lipinski definition) is 1. The molecule has 0 bridgehead atoms. The standard InChI is InChI=1S/C16H23F3N2/c1-9(2)14-8-21(16(7-20-14)10(3)4)15-6-12(18)11(17)5-13(15)19/h5-6,9-10,14,16,20H,7-8H2,1-4H3. The van der Waals surface area contributed by atoms with Crippen molar-refractivity contribution in [2.24, 2.45) is 11.8 Å². The van der Waals surface area contributed by atoms with Gasteiger partial charge >= 0.3 is 0 Å². The van der Waals surface area contributed by atoms with Gasteiger partial charge in [0.25, 0.3) is 0 Å². The second-order valence-corrected chi connectivity index (χ2v) is 6.44. The largest absolute Gasteiger partial charge is 0.363 e. The van der Waals surface area contributed by atoms with Gasteiger partial charge in [-0.05, 0) is 11.8 Å². The molecule has 0 aliphatic carbocycles. The Bertz CT molecular complexity index is 503. The molecule has 2 unspecified atom stereocenters. The Kier molecular flexibility index (Phi) is 4.81. The quantitative estimate of drug-likeness (QED) is 0.859. The molecule has 2 atom stereocenters. The van der Waals surface area contributed by atoms with Crippen molar-refractivity contribution in [2.45, 2.75) is 39.8 Å². The zero-order chi connectivity index (χ0) is 15.7. The van der Waals surface area contributed by atoms with Gasteiger partial charge in [-0.25, -0.2) is 13.2 Å². The van der Waals surface area contributed by atoms with Crippen LogP contribution in [0.15, 0.2) is 12.1 Å². The summed E-state index contributed by atoms with van der Waals surface area (Å²) in [6, 6.07) is 1.86. The molecule has 0 amide bonds. The summed E-state index contributed by atoms with van der Waals surface area (Å²) >= 11 is 0. The van der Waals surface area contributed by atoms with Crippen molar-refractivity contribution in [3.63, 3.8) is 0 Å². The van der Waals surface area contributed by atoms with E-state index in [-0.39, 0.29) is 23.7 Å². The van der Waals surface area contributed by atoms with Crippen LogP contribution in [0.25, 0.3) is 0 Å². The molecule has 1 heterocycles. The minimum atomic E-state index is -1.15. The molecule has 5 heteroatoms. The Balaban J connectivity index is 2.38. The molecule has 0 saturated carbocycles. The average Bonchev–Trinajstić information content (AvgIpc) is 2.42. The Morgan fingerprint density at radius 3 is 2.19 bits per heavy atom. The number of benzene rings is 1. The number of halogens is 3. The molecule has 1 aromatic carbocycles. The summed E-state index contributed by atoms with van der Waals surface area (Å²) in [5.41, 5.74) is 0.153. The third kappa shape index (κ3) is 3.34. The van der Waals surface area contributed by atoms with Gasteiger partial charge in [0.2, 0.25) is 0 Å². The molecule has 1 N–H and O–H groups in total. The van der Waals surface area contributed by atoms with E-state index >= 15 is 0 Å². The summed E-state index contributed by atoms with van der Waals surface area (Å²) in [4.78, 5) is 1.88. The van der Waals surface area contributed by atoms with Crippen LogP contribution in [-0.4, -0.2) is 25.2 Å². The fraction of sp³-hybridized carbons (Fsp3) is 0.625. The van der Waals surface area contributed by atoms with E-state index in [2.05, 4.69) is 19.2 Å². The normalized spacial score (nSPS) is 23.2. The van der Waals surface area contributed by atoms with E-state index in [4.69, 9.17) is 0 Å². The van der Waals surface area contributed by atoms with Crippen molar-refractivity contribution >= 4 is 5.69 Å². The fourth-order valence-electron chi connectivity index (χ4n) is 2.85. The Morgan fingerprint density at radius 2 is 1.62 bits per heavy atom. The van der Waals surface area contributed by atoms with E-state index in [9.17, 15) is 13.2 Å². The minimum absolute atomic E-state index is 0.0550. The Labute approximate surface area is 124 Å². The predicted octanol–water partition coefficient (Wildman–Crippen LogP) is 3.56. The van der Waals surface area contributed by atoms with Crippen molar-refractivity contribution < 1.29 is 13.2 Å². The minimum Gasteiger partial charge on any atom is -0.363 e. The number of anilines is 1. The lowest BCUT2D eigenvalue weighted by Crippen LogP contribution is -2.60. The molecule has 1 aromatic rings. The maximum absolute atomic E-state index is 14.1. The smallest absolute Gasteiger partial charge is 0.161 e. The molecule has 0 spiro atoms. The van der Waals surface area contributed by atoms with E-state index in [0.717, 1.165) is 6.07 Å². The van der Waals surface area contributed by atoms with Gasteiger partial charge in [0.15, 0.2) is 11.6 Å². The van der Waals surface area contributed by atoms with Crippen LogP contribution in [0.1, 0.15) is 27.7 Å². The molecular weight excluding hydrogens is 277 g/mol. The van der Waals surface area contributed by atoms with E-state index in [1.165, 1.54) is 0 Å². The van der Waals surface area contributed by atoms with Crippen molar-refractivity contribution in [1.29, 1.82) is 0 Å². The average molecular weight is 300 g/mol. The molecule has 21 heavy (non-hydrogen) atoms. The van der Waals surface area contributed by atoms with E-state index in [1.807, 2.05) is 18.7 Å². The Morgan fingerprint density at radius 1 is 1.00 bits per heavy atom. The molecule has 0 radical (unpaired) electrons. The van der Waals surface area contributed by atoms with Gasteiger partial charge in [-0.2, -0.15) is 0 Å². The number of hydrogen-bond acceptors (Lipinski definition) is 2. The molecule has 1 fully saturated rings. The van der Waals surface area contributed by atoms with E-state index in [0.29, 0.717) is 25.1 Å². The molecule has 1 aliphatic rings. The van der Waals surface area contributed by atoms with Crippen molar-refractivity contribution in [2.75, 3.05) is 18.0 Å². The molecule has 2 rings (SSSR count). The molecule has 2 nitrogen and oxygen atoms in total. The second-order valence-electron chi connectivity index (χ2n) is 6.44. The molecule has 118 valence electrons.